The summed E-state index contributed by atoms with van der Waals surface area (Å²) in [6.07, 6.45) is 6.81. The van der Waals surface area contributed by atoms with Crippen molar-refractivity contribution in [3.05, 3.63) is 108 Å². The first kappa shape index (κ1) is 21.2. The number of benzene rings is 4. The number of hydrogen-bond acceptors (Lipinski definition) is 1. The minimum Gasteiger partial charge on any atom is -0.355 e. The summed E-state index contributed by atoms with van der Waals surface area (Å²) >= 11 is 0. The van der Waals surface area contributed by atoms with E-state index in [1.807, 2.05) is 0 Å². The quantitative estimate of drug-likeness (QED) is 0.331. The van der Waals surface area contributed by atoms with Gasteiger partial charge in [-0.15, -0.1) is 0 Å². The van der Waals surface area contributed by atoms with Crippen LogP contribution in [0.2, 0.25) is 0 Å². The zero-order valence-electron chi connectivity index (χ0n) is 20.3. The van der Waals surface area contributed by atoms with Crippen LogP contribution in [0.3, 0.4) is 0 Å². The molecule has 0 aromatic heterocycles. The van der Waals surface area contributed by atoms with E-state index in [4.69, 9.17) is 0 Å². The molecule has 34 heavy (non-hydrogen) atoms. The summed E-state index contributed by atoms with van der Waals surface area (Å²) in [5.41, 5.74) is 12.2. The predicted molar refractivity (Wildman–Crippen MR) is 145 cm³/mol. The van der Waals surface area contributed by atoms with Gasteiger partial charge in [-0.1, -0.05) is 106 Å². The molecule has 0 saturated heterocycles. The molecule has 1 heteroatoms. The molecule has 1 fully saturated rings. The summed E-state index contributed by atoms with van der Waals surface area (Å²) in [6, 6.07) is 33.3. The normalized spacial score (nSPS) is 16.6. The molecule has 0 bridgehead atoms. The molecule has 1 saturated carbocycles. The second-order valence-corrected chi connectivity index (χ2v) is 10.5. The molecule has 2 aliphatic rings. The number of fused-ring (bicyclic) bond motifs is 3. The van der Waals surface area contributed by atoms with Crippen LogP contribution in [0, 0.1) is 0 Å². The van der Waals surface area contributed by atoms with E-state index in [2.05, 4.69) is 110 Å². The minimum absolute atomic E-state index is 0.00593. The van der Waals surface area contributed by atoms with Gasteiger partial charge in [-0.05, 0) is 70.3 Å². The molecule has 2 aliphatic carbocycles. The Hall–Kier alpha value is -3.32. The number of rotatable bonds is 4. The van der Waals surface area contributed by atoms with Crippen molar-refractivity contribution in [2.24, 2.45) is 0 Å². The van der Waals surface area contributed by atoms with Crippen LogP contribution in [-0.4, -0.2) is 0 Å². The second kappa shape index (κ2) is 8.47. The van der Waals surface area contributed by atoms with Gasteiger partial charge in [-0.25, -0.2) is 0 Å². The largest absolute Gasteiger partial charge is 0.355 e. The third-order valence-corrected chi connectivity index (χ3v) is 8.07. The summed E-state index contributed by atoms with van der Waals surface area (Å²) in [5.74, 6) is 0.709. The third-order valence-electron chi connectivity index (χ3n) is 8.07. The molecule has 0 radical (unpaired) electrons. The third kappa shape index (κ3) is 3.55. The second-order valence-electron chi connectivity index (χ2n) is 10.5. The van der Waals surface area contributed by atoms with Crippen LogP contribution >= 0.6 is 0 Å². The molecule has 0 atom stereocenters. The smallest absolute Gasteiger partial charge is 0.0463 e. The van der Waals surface area contributed by atoms with Crippen LogP contribution in [0.25, 0.3) is 22.3 Å². The average molecular weight is 444 g/mol. The summed E-state index contributed by atoms with van der Waals surface area (Å²) < 4.78 is 0. The summed E-state index contributed by atoms with van der Waals surface area (Å²) in [6.45, 7) is 4.79. The van der Waals surface area contributed by atoms with Crippen molar-refractivity contribution < 1.29 is 0 Å². The highest BCUT2D eigenvalue weighted by Gasteiger charge is 2.38. The molecular weight excluding hydrogens is 410 g/mol. The van der Waals surface area contributed by atoms with Crippen LogP contribution < -0.4 is 5.32 Å². The van der Waals surface area contributed by atoms with E-state index in [9.17, 15) is 0 Å². The first-order chi connectivity index (χ1) is 16.6. The van der Waals surface area contributed by atoms with Crippen molar-refractivity contribution in [1.82, 2.24) is 0 Å². The maximum absolute atomic E-state index is 3.74. The van der Waals surface area contributed by atoms with E-state index in [1.165, 1.54) is 65.5 Å². The molecule has 4 aromatic carbocycles. The Kier molecular flexibility index (Phi) is 5.29. The van der Waals surface area contributed by atoms with E-state index in [0.717, 1.165) is 11.4 Å². The van der Waals surface area contributed by atoms with Crippen molar-refractivity contribution in [3.8, 4) is 22.3 Å². The molecule has 0 amide bonds. The zero-order chi connectivity index (χ0) is 23.1. The highest BCUT2D eigenvalue weighted by molar-refractivity contribution is 5.87. The summed E-state index contributed by atoms with van der Waals surface area (Å²) in [4.78, 5) is 0. The van der Waals surface area contributed by atoms with Crippen LogP contribution in [0.4, 0.5) is 11.4 Å². The van der Waals surface area contributed by atoms with Gasteiger partial charge in [-0.3, -0.25) is 0 Å². The monoisotopic (exact) mass is 443 g/mol. The van der Waals surface area contributed by atoms with Gasteiger partial charge in [0, 0.05) is 22.4 Å². The van der Waals surface area contributed by atoms with Crippen molar-refractivity contribution in [3.63, 3.8) is 0 Å². The van der Waals surface area contributed by atoms with Gasteiger partial charge >= 0.3 is 0 Å². The van der Waals surface area contributed by atoms with Gasteiger partial charge in [0.15, 0.2) is 0 Å². The first-order valence-electron chi connectivity index (χ1n) is 12.8. The lowest BCUT2D eigenvalue weighted by molar-refractivity contribution is 0.444. The van der Waals surface area contributed by atoms with Gasteiger partial charge in [0.1, 0.15) is 0 Å². The Morgan fingerprint density at radius 1 is 0.676 bits per heavy atom. The molecule has 0 heterocycles. The maximum atomic E-state index is 3.74. The van der Waals surface area contributed by atoms with Crippen LogP contribution in [-0.2, 0) is 5.41 Å². The lowest BCUT2D eigenvalue weighted by atomic mass is 9.78. The predicted octanol–water partition coefficient (Wildman–Crippen LogP) is 9.45. The van der Waals surface area contributed by atoms with Gasteiger partial charge in [0.25, 0.3) is 0 Å². The van der Waals surface area contributed by atoms with Crippen molar-refractivity contribution >= 4 is 11.4 Å². The topological polar surface area (TPSA) is 12.0 Å². The Morgan fingerprint density at radius 2 is 1.44 bits per heavy atom. The molecule has 170 valence electrons. The highest BCUT2D eigenvalue weighted by Crippen LogP contribution is 2.53. The Morgan fingerprint density at radius 3 is 2.26 bits per heavy atom. The summed E-state index contributed by atoms with van der Waals surface area (Å²) in [5, 5.41) is 3.74. The van der Waals surface area contributed by atoms with E-state index < -0.39 is 0 Å². The molecule has 0 aliphatic heterocycles. The van der Waals surface area contributed by atoms with E-state index >= 15 is 0 Å². The highest BCUT2D eigenvalue weighted by atomic mass is 14.9. The zero-order valence-corrected chi connectivity index (χ0v) is 20.3. The van der Waals surface area contributed by atoms with Crippen molar-refractivity contribution in [2.45, 2.75) is 57.3 Å². The van der Waals surface area contributed by atoms with Crippen molar-refractivity contribution in [2.75, 3.05) is 5.32 Å². The SMILES string of the molecule is CC1(C)c2cc(Nc3ccccc3-c3ccccc3)ccc2-c2c(C3CCCCC3)cccc21. The summed E-state index contributed by atoms with van der Waals surface area (Å²) in [7, 11) is 0. The molecule has 1 N–H and O–H groups in total. The molecule has 6 rings (SSSR count). The number of nitrogens with one attached hydrogen (secondary N) is 1. The van der Waals surface area contributed by atoms with Gasteiger partial charge < -0.3 is 5.32 Å². The molecule has 0 unspecified atom stereocenters. The van der Waals surface area contributed by atoms with Crippen molar-refractivity contribution in [1.29, 1.82) is 0 Å². The van der Waals surface area contributed by atoms with Gasteiger partial charge in [0.05, 0.1) is 0 Å². The Labute approximate surface area is 203 Å². The number of para-hydroxylation sites is 1. The molecule has 1 nitrogen and oxygen atoms in total. The fourth-order valence-corrected chi connectivity index (χ4v) is 6.26. The van der Waals surface area contributed by atoms with E-state index in [-0.39, 0.29) is 5.41 Å². The number of anilines is 2. The van der Waals surface area contributed by atoms with Gasteiger partial charge in [-0.2, -0.15) is 0 Å². The van der Waals surface area contributed by atoms with Crippen LogP contribution in [0.5, 0.6) is 0 Å². The maximum Gasteiger partial charge on any atom is 0.0463 e. The number of hydrogen-bond donors (Lipinski definition) is 1. The van der Waals surface area contributed by atoms with E-state index in [0.29, 0.717) is 5.92 Å². The standard InChI is InChI=1S/C33H33N/c1-33(2)29-18-11-17-27(24-14-7-4-8-15-24)32(29)28-21-20-25(22-30(28)33)34-31-19-10-9-16-26(31)23-12-5-3-6-13-23/h3,5-6,9-13,16-22,24,34H,4,7-8,14-15H2,1-2H3. The van der Waals surface area contributed by atoms with Crippen LogP contribution in [0.15, 0.2) is 91.0 Å². The molecule has 0 spiro atoms. The lowest BCUT2D eigenvalue weighted by Crippen LogP contribution is -2.15. The fourth-order valence-electron chi connectivity index (χ4n) is 6.26. The van der Waals surface area contributed by atoms with E-state index in [1.54, 1.807) is 5.56 Å². The fraction of sp³-hybridized carbons (Fsp3) is 0.273. The lowest BCUT2D eigenvalue weighted by Gasteiger charge is -2.26. The Bertz CT molecular complexity index is 1330. The van der Waals surface area contributed by atoms with Crippen LogP contribution in [0.1, 0.15) is 68.6 Å². The molecular formula is C33H33N. The average Bonchev–Trinajstić information content (AvgIpc) is 3.12. The first-order valence-corrected chi connectivity index (χ1v) is 12.8. The minimum atomic E-state index is 0.00593. The molecule has 4 aromatic rings. The van der Waals surface area contributed by atoms with Gasteiger partial charge in [0.2, 0.25) is 0 Å². The Balaban J connectivity index is 1.40.